The van der Waals surface area contributed by atoms with E-state index in [-0.39, 0.29) is 23.3 Å². The van der Waals surface area contributed by atoms with Crippen LogP contribution in [0.15, 0.2) is 0 Å². The molecule has 1 heterocycles. The van der Waals surface area contributed by atoms with Gasteiger partial charge in [0.2, 0.25) is 5.91 Å². The van der Waals surface area contributed by atoms with E-state index in [1.807, 2.05) is 0 Å². The van der Waals surface area contributed by atoms with Gasteiger partial charge in [-0.3, -0.25) is 4.79 Å². The van der Waals surface area contributed by atoms with E-state index in [1.165, 1.54) is 0 Å². The van der Waals surface area contributed by atoms with Crippen LogP contribution in [0, 0.1) is 17.3 Å². The van der Waals surface area contributed by atoms with E-state index >= 15 is 0 Å². The summed E-state index contributed by atoms with van der Waals surface area (Å²) in [5, 5.41) is 3.15. The number of hydrogen-bond acceptors (Lipinski definition) is 3. The predicted octanol–water partition coefficient (Wildman–Crippen LogP) is 1.68. The molecule has 3 atom stereocenters. The van der Waals surface area contributed by atoms with Crippen LogP contribution in [0.3, 0.4) is 0 Å². The van der Waals surface area contributed by atoms with Crippen LogP contribution in [-0.4, -0.2) is 31.7 Å². The van der Waals surface area contributed by atoms with Gasteiger partial charge in [-0.25, -0.2) is 0 Å². The first kappa shape index (κ1) is 14.8. The number of rotatable bonds is 3. The monoisotopic (exact) mass is 268 g/mol. The summed E-state index contributed by atoms with van der Waals surface area (Å²) in [7, 11) is 0. The first-order chi connectivity index (χ1) is 8.98. The fraction of sp³-hybridized carbons (Fsp3) is 0.933. The van der Waals surface area contributed by atoms with Gasteiger partial charge in [-0.2, -0.15) is 0 Å². The molecule has 1 aliphatic heterocycles. The number of nitrogens with two attached hydrogens (primary N) is 1. The maximum atomic E-state index is 12.3. The molecule has 110 valence electrons. The fourth-order valence-electron chi connectivity index (χ4n) is 3.36. The van der Waals surface area contributed by atoms with Gasteiger partial charge in [0.15, 0.2) is 0 Å². The van der Waals surface area contributed by atoms with Crippen molar-refractivity contribution in [3.8, 4) is 0 Å². The molecule has 4 nitrogen and oxygen atoms in total. The smallest absolute Gasteiger partial charge is 0.223 e. The SMILES string of the molecule is CC1CC(N)CC(C(=O)NCC2(C)CCOCC2)C1. The Morgan fingerprint density at radius 3 is 2.63 bits per heavy atom. The van der Waals surface area contributed by atoms with Crippen LogP contribution < -0.4 is 11.1 Å². The average Bonchev–Trinajstić information content (AvgIpc) is 2.36. The lowest BCUT2D eigenvalue weighted by atomic mass is 9.78. The highest BCUT2D eigenvalue weighted by Gasteiger charge is 2.32. The molecule has 1 aliphatic carbocycles. The minimum absolute atomic E-state index is 0.113. The van der Waals surface area contributed by atoms with Crippen molar-refractivity contribution in [1.82, 2.24) is 5.32 Å². The van der Waals surface area contributed by atoms with E-state index in [1.54, 1.807) is 0 Å². The molecule has 4 heteroatoms. The minimum Gasteiger partial charge on any atom is -0.381 e. The molecule has 0 bridgehead atoms. The molecule has 1 saturated carbocycles. The number of hydrogen-bond donors (Lipinski definition) is 2. The van der Waals surface area contributed by atoms with Crippen molar-refractivity contribution in [2.45, 2.75) is 52.0 Å². The van der Waals surface area contributed by atoms with Crippen LogP contribution in [0.4, 0.5) is 0 Å². The molecule has 1 saturated heterocycles. The standard InChI is InChI=1S/C15H28N2O2/c1-11-7-12(9-13(16)8-11)14(18)17-10-15(2)3-5-19-6-4-15/h11-13H,3-10,16H2,1-2H3,(H,17,18). The van der Waals surface area contributed by atoms with Gasteiger partial charge in [-0.1, -0.05) is 13.8 Å². The highest BCUT2D eigenvalue weighted by molar-refractivity contribution is 5.78. The summed E-state index contributed by atoms with van der Waals surface area (Å²) in [6.45, 7) is 6.84. The number of carbonyl (C=O) groups is 1. The zero-order chi connectivity index (χ0) is 13.9. The molecule has 1 amide bonds. The Hall–Kier alpha value is -0.610. The van der Waals surface area contributed by atoms with E-state index in [2.05, 4.69) is 19.2 Å². The van der Waals surface area contributed by atoms with Gasteiger partial charge in [0.1, 0.15) is 0 Å². The van der Waals surface area contributed by atoms with Gasteiger partial charge < -0.3 is 15.8 Å². The van der Waals surface area contributed by atoms with Crippen molar-refractivity contribution in [2.24, 2.45) is 23.0 Å². The zero-order valence-corrected chi connectivity index (χ0v) is 12.3. The van der Waals surface area contributed by atoms with Gasteiger partial charge >= 0.3 is 0 Å². The highest BCUT2D eigenvalue weighted by Crippen LogP contribution is 2.30. The molecule has 0 spiro atoms. The van der Waals surface area contributed by atoms with Crippen LogP contribution in [0.2, 0.25) is 0 Å². The summed E-state index contributed by atoms with van der Waals surface area (Å²) in [6, 6.07) is 0.193. The maximum Gasteiger partial charge on any atom is 0.223 e. The third-order valence-electron chi connectivity index (χ3n) is 4.74. The molecule has 0 aromatic carbocycles. The summed E-state index contributed by atoms with van der Waals surface area (Å²) in [6.07, 6.45) is 4.95. The van der Waals surface area contributed by atoms with Gasteiger partial charge in [0.25, 0.3) is 0 Å². The van der Waals surface area contributed by atoms with Crippen LogP contribution in [0.1, 0.15) is 46.0 Å². The molecule has 0 radical (unpaired) electrons. The molecule has 2 aliphatic rings. The summed E-state index contributed by atoms with van der Waals surface area (Å²) < 4.78 is 5.39. The topological polar surface area (TPSA) is 64.4 Å². The Labute approximate surface area is 116 Å². The number of ether oxygens (including phenoxy) is 1. The van der Waals surface area contributed by atoms with Crippen molar-refractivity contribution in [1.29, 1.82) is 0 Å². The number of carbonyl (C=O) groups excluding carboxylic acids is 1. The average molecular weight is 268 g/mol. The van der Waals surface area contributed by atoms with E-state index in [0.29, 0.717) is 5.92 Å². The Morgan fingerprint density at radius 2 is 2.00 bits per heavy atom. The molecule has 2 fully saturated rings. The Morgan fingerprint density at radius 1 is 1.32 bits per heavy atom. The maximum absolute atomic E-state index is 12.3. The molecule has 0 aromatic heterocycles. The third kappa shape index (κ3) is 4.18. The summed E-state index contributed by atoms with van der Waals surface area (Å²) in [4.78, 5) is 12.3. The Balaban J connectivity index is 1.80. The summed E-state index contributed by atoms with van der Waals surface area (Å²) in [5.74, 6) is 0.884. The van der Waals surface area contributed by atoms with E-state index in [9.17, 15) is 4.79 Å². The molecular formula is C15H28N2O2. The Kier molecular flexibility index (Phi) is 4.85. The second kappa shape index (κ2) is 6.23. The molecular weight excluding hydrogens is 240 g/mol. The lowest BCUT2D eigenvalue weighted by Crippen LogP contribution is -2.44. The molecule has 2 rings (SSSR count). The van der Waals surface area contributed by atoms with E-state index < -0.39 is 0 Å². The summed E-state index contributed by atoms with van der Waals surface area (Å²) >= 11 is 0. The predicted molar refractivity (Wildman–Crippen MR) is 75.7 cm³/mol. The molecule has 3 N–H and O–H groups in total. The Bertz CT molecular complexity index is 303. The largest absolute Gasteiger partial charge is 0.381 e. The van der Waals surface area contributed by atoms with E-state index in [4.69, 9.17) is 10.5 Å². The molecule has 0 aromatic rings. The summed E-state index contributed by atoms with van der Waals surface area (Å²) in [5.41, 5.74) is 6.23. The molecule has 19 heavy (non-hydrogen) atoms. The highest BCUT2D eigenvalue weighted by atomic mass is 16.5. The van der Waals surface area contributed by atoms with Gasteiger partial charge in [0, 0.05) is 31.7 Å². The lowest BCUT2D eigenvalue weighted by Gasteiger charge is -2.35. The van der Waals surface area contributed by atoms with Crippen LogP contribution >= 0.6 is 0 Å². The van der Waals surface area contributed by atoms with Gasteiger partial charge in [0.05, 0.1) is 0 Å². The van der Waals surface area contributed by atoms with Gasteiger partial charge in [-0.15, -0.1) is 0 Å². The molecule has 3 unspecified atom stereocenters. The first-order valence-electron chi connectivity index (χ1n) is 7.59. The quantitative estimate of drug-likeness (QED) is 0.818. The van der Waals surface area contributed by atoms with E-state index in [0.717, 1.165) is 51.9 Å². The fourth-order valence-corrected chi connectivity index (χ4v) is 3.36. The van der Waals surface area contributed by atoms with Crippen molar-refractivity contribution in [3.05, 3.63) is 0 Å². The normalized spacial score (nSPS) is 34.8. The first-order valence-corrected chi connectivity index (χ1v) is 7.59. The van der Waals surface area contributed by atoms with Crippen LogP contribution in [-0.2, 0) is 9.53 Å². The van der Waals surface area contributed by atoms with Crippen molar-refractivity contribution >= 4 is 5.91 Å². The second-order valence-corrected chi connectivity index (χ2v) is 6.91. The van der Waals surface area contributed by atoms with Crippen molar-refractivity contribution in [2.75, 3.05) is 19.8 Å². The third-order valence-corrected chi connectivity index (χ3v) is 4.74. The zero-order valence-electron chi connectivity index (χ0n) is 12.3. The van der Waals surface area contributed by atoms with Crippen molar-refractivity contribution in [3.63, 3.8) is 0 Å². The van der Waals surface area contributed by atoms with Crippen LogP contribution in [0.25, 0.3) is 0 Å². The number of nitrogens with one attached hydrogen (secondary N) is 1. The number of amides is 1. The van der Waals surface area contributed by atoms with Crippen LogP contribution in [0.5, 0.6) is 0 Å². The second-order valence-electron chi connectivity index (χ2n) is 6.91. The van der Waals surface area contributed by atoms with Gasteiger partial charge in [-0.05, 0) is 43.4 Å². The van der Waals surface area contributed by atoms with Crippen molar-refractivity contribution < 1.29 is 9.53 Å². The minimum atomic E-state index is 0.113. The lowest BCUT2D eigenvalue weighted by molar-refractivity contribution is -0.127.